The van der Waals surface area contributed by atoms with Gasteiger partial charge in [0.25, 0.3) is 11.8 Å². The van der Waals surface area contributed by atoms with E-state index < -0.39 is 0 Å². The number of fused-ring (bicyclic) bond motifs is 1. The minimum atomic E-state index is -0.367. The number of rotatable bonds is 7. The van der Waals surface area contributed by atoms with Crippen molar-refractivity contribution in [3.8, 4) is 5.75 Å². The number of carbonyl (C=O) groups excluding carboxylic acids is 2. The summed E-state index contributed by atoms with van der Waals surface area (Å²) in [7, 11) is 0. The standard InChI is InChI=1S/C27H25N3O4S/c1-3-17(2)33-22-12-6-9-19(14-22)25(31)30-27(35)29-21-11-7-10-20(16-21)28-26(32)24-15-18-8-4-5-13-23(18)34-24/h4-17H,3H2,1-2H3,(H,28,32)(H2,29,30,31,35). The Balaban J connectivity index is 1.36. The van der Waals surface area contributed by atoms with Crippen LogP contribution in [0.5, 0.6) is 5.75 Å². The highest BCUT2D eigenvalue weighted by Crippen LogP contribution is 2.21. The summed E-state index contributed by atoms with van der Waals surface area (Å²) < 4.78 is 11.4. The van der Waals surface area contributed by atoms with Crippen molar-refractivity contribution in [3.63, 3.8) is 0 Å². The summed E-state index contributed by atoms with van der Waals surface area (Å²) in [5.41, 5.74) is 2.23. The molecule has 1 heterocycles. The van der Waals surface area contributed by atoms with E-state index in [9.17, 15) is 9.59 Å². The number of amides is 2. The van der Waals surface area contributed by atoms with Crippen molar-refractivity contribution >= 4 is 51.5 Å². The molecule has 0 aliphatic carbocycles. The highest BCUT2D eigenvalue weighted by atomic mass is 32.1. The van der Waals surface area contributed by atoms with Crippen LogP contribution in [0.1, 0.15) is 41.2 Å². The first-order chi connectivity index (χ1) is 16.9. The van der Waals surface area contributed by atoms with Crippen LogP contribution in [0.4, 0.5) is 11.4 Å². The zero-order chi connectivity index (χ0) is 24.8. The molecule has 0 saturated heterocycles. The molecule has 0 aliphatic heterocycles. The molecule has 35 heavy (non-hydrogen) atoms. The number of benzene rings is 3. The zero-order valence-electron chi connectivity index (χ0n) is 19.3. The number of hydrogen-bond donors (Lipinski definition) is 3. The van der Waals surface area contributed by atoms with E-state index in [4.69, 9.17) is 21.4 Å². The van der Waals surface area contributed by atoms with E-state index >= 15 is 0 Å². The maximum Gasteiger partial charge on any atom is 0.291 e. The molecule has 7 nitrogen and oxygen atoms in total. The smallest absolute Gasteiger partial charge is 0.291 e. The van der Waals surface area contributed by atoms with Gasteiger partial charge in [0.1, 0.15) is 11.3 Å². The lowest BCUT2D eigenvalue weighted by atomic mass is 10.2. The largest absolute Gasteiger partial charge is 0.491 e. The molecule has 0 fully saturated rings. The fraction of sp³-hybridized carbons (Fsp3) is 0.148. The number of para-hydroxylation sites is 1. The summed E-state index contributed by atoms with van der Waals surface area (Å²) in [6.45, 7) is 4.00. The summed E-state index contributed by atoms with van der Waals surface area (Å²) in [5, 5.41) is 9.42. The summed E-state index contributed by atoms with van der Waals surface area (Å²) in [5.74, 6) is 0.117. The fourth-order valence-corrected chi connectivity index (χ4v) is 3.54. The Morgan fingerprint density at radius 2 is 1.66 bits per heavy atom. The maximum atomic E-state index is 12.6. The summed E-state index contributed by atoms with van der Waals surface area (Å²) >= 11 is 5.30. The molecule has 2 amide bonds. The molecule has 8 heteroatoms. The van der Waals surface area contributed by atoms with E-state index in [2.05, 4.69) is 16.0 Å². The molecule has 178 valence electrons. The van der Waals surface area contributed by atoms with Crippen molar-refractivity contribution in [1.29, 1.82) is 0 Å². The molecule has 0 saturated carbocycles. The average molecular weight is 488 g/mol. The number of nitrogens with one attached hydrogen (secondary N) is 3. The molecule has 1 aromatic heterocycles. The van der Waals surface area contributed by atoms with E-state index in [-0.39, 0.29) is 28.8 Å². The highest BCUT2D eigenvalue weighted by Gasteiger charge is 2.13. The Labute approximate surface area is 208 Å². The van der Waals surface area contributed by atoms with Crippen molar-refractivity contribution in [1.82, 2.24) is 5.32 Å². The van der Waals surface area contributed by atoms with Crippen LogP contribution in [0.2, 0.25) is 0 Å². The molecule has 0 bridgehead atoms. The second-order valence-electron chi connectivity index (χ2n) is 7.96. The molecule has 4 aromatic rings. The predicted molar refractivity (Wildman–Crippen MR) is 141 cm³/mol. The van der Waals surface area contributed by atoms with Crippen LogP contribution in [0.25, 0.3) is 11.0 Å². The number of ether oxygens (including phenoxy) is 1. The molecular weight excluding hydrogens is 462 g/mol. The van der Waals surface area contributed by atoms with Crippen LogP contribution < -0.4 is 20.7 Å². The fourth-order valence-electron chi connectivity index (χ4n) is 3.33. The molecule has 3 N–H and O–H groups in total. The molecule has 4 rings (SSSR count). The first-order valence-electron chi connectivity index (χ1n) is 11.2. The molecular formula is C27H25N3O4S. The lowest BCUT2D eigenvalue weighted by Crippen LogP contribution is -2.34. The monoisotopic (exact) mass is 487 g/mol. The summed E-state index contributed by atoms with van der Waals surface area (Å²) in [4.78, 5) is 25.2. The number of anilines is 2. The summed E-state index contributed by atoms with van der Waals surface area (Å²) in [6, 6.07) is 23.0. The van der Waals surface area contributed by atoms with Gasteiger partial charge in [0.2, 0.25) is 0 Å². The first kappa shape index (κ1) is 24.0. The second kappa shape index (κ2) is 10.8. The van der Waals surface area contributed by atoms with Gasteiger partial charge in [-0.1, -0.05) is 37.3 Å². The quantitative estimate of drug-likeness (QED) is 0.277. The Morgan fingerprint density at radius 3 is 2.43 bits per heavy atom. The van der Waals surface area contributed by atoms with E-state index in [1.807, 2.05) is 38.1 Å². The van der Waals surface area contributed by atoms with Crippen LogP contribution >= 0.6 is 12.2 Å². The number of carbonyl (C=O) groups is 2. The van der Waals surface area contributed by atoms with Crippen molar-refractivity contribution < 1.29 is 18.7 Å². The van der Waals surface area contributed by atoms with Crippen LogP contribution in [-0.2, 0) is 0 Å². The van der Waals surface area contributed by atoms with Crippen LogP contribution in [0, 0.1) is 0 Å². The van der Waals surface area contributed by atoms with E-state index in [0.717, 1.165) is 11.8 Å². The van der Waals surface area contributed by atoms with Gasteiger partial charge in [0, 0.05) is 22.3 Å². The van der Waals surface area contributed by atoms with Crippen LogP contribution in [-0.4, -0.2) is 23.0 Å². The third-order valence-electron chi connectivity index (χ3n) is 5.26. The number of furan rings is 1. The van der Waals surface area contributed by atoms with E-state index in [1.165, 1.54) is 0 Å². The third-order valence-corrected chi connectivity index (χ3v) is 5.47. The van der Waals surface area contributed by atoms with Gasteiger partial charge in [-0.3, -0.25) is 14.9 Å². The SMILES string of the molecule is CCC(C)Oc1cccc(C(=O)NC(=S)Nc2cccc(NC(=O)c3cc4ccccc4o3)c2)c1. The molecule has 1 atom stereocenters. The predicted octanol–water partition coefficient (Wildman–Crippen LogP) is 5.99. The molecule has 0 spiro atoms. The maximum absolute atomic E-state index is 12.6. The topological polar surface area (TPSA) is 92.6 Å². The molecule has 3 aromatic carbocycles. The van der Waals surface area contributed by atoms with E-state index in [0.29, 0.717) is 28.3 Å². The van der Waals surface area contributed by atoms with Gasteiger partial charge < -0.3 is 19.8 Å². The van der Waals surface area contributed by atoms with Gasteiger partial charge in [0.15, 0.2) is 10.9 Å². The highest BCUT2D eigenvalue weighted by molar-refractivity contribution is 7.80. The normalized spacial score (nSPS) is 11.5. The average Bonchev–Trinajstić information content (AvgIpc) is 3.29. The molecule has 0 radical (unpaired) electrons. The van der Waals surface area contributed by atoms with Crippen LogP contribution in [0.15, 0.2) is 83.3 Å². The van der Waals surface area contributed by atoms with Crippen molar-refractivity contribution in [2.24, 2.45) is 0 Å². The Morgan fingerprint density at radius 1 is 0.914 bits per heavy atom. The van der Waals surface area contributed by atoms with Gasteiger partial charge >= 0.3 is 0 Å². The third kappa shape index (κ3) is 6.24. The van der Waals surface area contributed by atoms with Gasteiger partial charge in [0.05, 0.1) is 6.10 Å². The second-order valence-corrected chi connectivity index (χ2v) is 8.36. The van der Waals surface area contributed by atoms with Gasteiger partial charge in [-0.05, 0) is 74.1 Å². The van der Waals surface area contributed by atoms with Crippen molar-refractivity contribution in [3.05, 3.63) is 90.2 Å². The van der Waals surface area contributed by atoms with Crippen molar-refractivity contribution in [2.75, 3.05) is 10.6 Å². The molecule has 0 aliphatic rings. The van der Waals surface area contributed by atoms with Crippen LogP contribution in [0.3, 0.4) is 0 Å². The zero-order valence-corrected chi connectivity index (χ0v) is 20.1. The minimum absolute atomic E-state index is 0.0515. The van der Waals surface area contributed by atoms with Gasteiger partial charge in [-0.25, -0.2) is 0 Å². The Bertz CT molecular complexity index is 1350. The Kier molecular flexibility index (Phi) is 7.42. The number of thiocarbonyl (C=S) groups is 1. The lowest BCUT2D eigenvalue weighted by Gasteiger charge is -2.14. The Hall–Kier alpha value is -4.17. The lowest BCUT2D eigenvalue weighted by molar-refractivity contribution is 0.0974. The minimum Gasteiger partial charge on any atom is -0.491 e. The van der Waals surface area contributed by atoms with Crippen molar-refractivity contribution in [2.45, 2.75) is 26.4 Å². The first-order valence-corrected chi connectivity index (χ1v) is 11.6. The summed E-state index contributed by atoms with van der Waals surface area (Å²) in [6.07, 6.45) is 0.915. The number of hydrogen-bond acceptors (Lipinski definition) is 5. The van der Waals surface area contributed by atoms with E-state index in [1.54, 1.807) is 54.6 Å². The molecule has 1 unspecified atom stereocenters. The van der Waals surface area contributed by atoms with Gasteiger partial charge in [-0.15, -0.1) is 0 Å². The van der Waals surface area contributed by atoms with Gasteiger partial charge in [-0.2, -0.15) is 0 Å².